The van der Waals surface area contributed by atoms with Crippen molar-refractivity contribution in [3.8, 4) is 6.07 Å². The molecule has 17 heavy (non-hydrogen) atoms. The van der Waals surface area contributed by atoms with E-state index in [9.17, 15) is 0 Å². The Morgan fingerprint density at radius 2 is 1.94 bits per heavy atom. The van der Waals surface area contributed by atoms with E-state index in [1.807, 2.05) is 0 Å². The molecule has 0 fully saturated rings. The van der Waals surface area contributed by atoms with Gasteiger partial charge in [-0.15, -0.1) is 0 Å². The Hall–Kier alpha value is -1.76. The standard InChI is InChI=1S/C13H20N4/c1-4-13(5-2,6-3)17-12-10(8-14)7-11(15)9-16-12/h7,9H,4-6,15H2,1-3H3,(H,16,17). The van der Waals surface area contributed by atoms with Crippen molar-refractivity contribution in [2.75, 3.05) is 11.1 Å². The highest BCUT2D eigenvalue weighted by Gasteiger charge is 2.24. The number of pyridine rings is 1. The molecule has 4 nitrogen and oxygen atoms in total. The Morgan fingerprint density at radius 3 is 2.41 bits per heavy atom. The maximum absolute atomic E-state index is 9.07. The van der Waals surface area contributed by atoms with Crippen LogP contribution < -0.4 is 11.1 Å². The lowest BCUT2D eigenvalue weighted by atomic mass is 9.89. The summed E-state index contributed by atoms with van der Waals surface area (Å²) in [6, 6.07) is 3.78. The van der Waals surface area contributed by atoms with E-state index in [2.05, 4.69) is 37.1 Å². The van der Waals surface area contributed by atoms with Gasteiger partial charge in [0.15, 0.2) is 0 Å². The number of hydrogen-bond donors (Lipinski definition) is 2. The third-order valence-corrected chi connectivity index (χ3v) is 3.44. The van der Waals surface area contributed by atoms with Crippen molar-refractivity contribution in [3.63, 3.8) is 0 Å². The second-order valence-corrected chi connectivity index (χ2v) is 4.24. The molecule has 1 aromatic heterocycles. The fourth-order valence-electron chi connectivity index (χ4n) is 1.93. The van der Waals surface area contributed by atoms with E-state index in [-0.39, 0.29) is 5.54 Å². The Morgan fingerprint density at radius 1 is 1.35 bits per heavy atom. The van der Waals surface area contributed by atoms with Gasteiger partial charge >= 0.3 is 0 Å². The van der Waals surface area contributed by atoms with Crippen molar-refractivity contribution in [1.82, 2.24) is 4.98 Å². The topological polar surface area (TPSA) is 74.7 Å². The minimum Gasteiger partial charge on any atom is -0.397 e. The summed E-state index contributed by atoms with van der Waals surface area (Å²) in [7, 11) is 0. The van der Waals surface area contributed by atoms with Crippen LogP contribution in [0.5, 0.6) is 0 Å². The molecule has 0 radical (unpaired) electrons. The van der Waals surface area contributed by atoms with Crippen molar-refractivity contribution < 1.29 is 0 Å². The molecule has 0 saturated carbocycles. The summed E-state index contributed by atoms with van der Waals surface area (Å²) in [4.78, 5) is 4.22. The third kappa shape index (κ3) is 2.88. The molecule has 1 rings (SSSR count). The highest BCUT2D eigenvalue weighted by atomic mass is 15.1. The van der Waals surface area contributed by atoms with E-state index in [1.165, 1.54) is 0 Å². The minimum absolute atomic E-state index is 0.00865. The van der Waals surface area contributed by atoms with Crippen molar-refractivity contribution in [1.29, 1.82) is 5.26 Å². The van der Waals surface area contributed by atoms with E-state index in [0.29, 0.717) is 17.1 Å². The normalized spacial score (nSPS) is 10.9. The Bertz CT molecular complexity index is 408. The molecule has 4 heteroatoms. The van der Waals surface area contributed by atoms with Gasteiger partial charge in [0, 0.05) is 5.54 Å². The molecule has 0 aliphatic heterocycles. The number of aromatic nitrogens is 1. The molecule has 0 aromatic carbocycles. The average molecular weight is 232 g/mol. The maximum atomic E-state index is 9.07. The number of rotatable bonds is 5. The van der Waals surface area contributed by atoms with Gasteiger partial charge in [-0.2, -0.15) is 5.26 Å². The first kappa shape index (κ1) is 13.3. The lowest BCUT2D eigenvalue weighted by Crippen LogP contribution is -2.36. The first-order valence-corrected chi connectivity index (χ1v) is 6.04. The summed E-state index contributed by atoms with van der Waals surface area (Å²) in [5, 5.41) is 12.5. The molecule has 0 aliphatic rings. The molecule has 1 heterocycles. The van der Waals surface area contributed by atoms with Gasteiger partial charge in [0.2, 0.25) is 0 Å². The Balaban J connectivity index is 3.06. The summed E-state index contributed by atoms with van der Waals surface area (Å²) < 4.78 is 0. The minimum atomic E-state index is 0.00865. The summed E-state index contributed by atoms with van der Waals surface area (Å²) in [6.45, 7) is 6.43. The lowest BCUT2D eigenvalue weighted by molar-refractivity contribution is 0.419. The quantitative estimate of drug-likeness (QED) is 0.818. The van der Waals surface area contributed by atoms with Crippen LogP contribution in [0.3, 0.4) is 0 Å². The van der Waals surface area contributed by atoms with Crippen LogP contribution in [0.2, 0.25) is 0 Å². The molecule has 0 amide bonds. The van der Waals surface area contributed by atoms with Crippen molar-refractivity contribution in [2.45, 2.75) is 45.6 Å². The van der Waals surface area contributed by atoms with Gasteiger partial charge in [-0.1, -0.05) is 20.8 Å². The van der Waals surface area contributed by atoms with Gasteiger partial charge in [0.25, 0.3) is 0 Å². The van der Waals surface area contributed by atoms with Crippen LogP contribution in [0, 0.1) is 11.3 Å². The predicted octanol–water partition coefficient (Wildman–Crippen LogP) is 2.92. The third-order valence-electron chi connectivity index (χ3n) is 3.44. The van der Waals surface area contributed by atoms with E-state index in [0.717, 1.165) is 19.3 Å². The number of nitrogens with one attached hydrogen (secondary N) is 1. The summed E-state index contributed by atoms with van der Waals surface area (Å²) in [6.07, 6.45) is 4.57. The zero-order valence-corrected chi connectivity index (χ0v) is 10.7. The molecule has 0 unspecified atom stereocenters. The van der Waals surface area contributed by atoms with Gasteiger partial charge in [0.05, 0.1) is 17.4 Å². The van der Waals surface area contributed by atoms with Crippen molar-refractivity contribution in [2.24, 2.45) is 0 Å². The first-order chi connectivity index (χ1) is 8.10. The van der Waals surface area contributed by atoms with E-state index < -0.39 is 0 Å². The SMILES string of the molecule is CCC(CC)(CC)Nc1ncc(N)cc1C#N. The molecule has 0 aliphatic carbocycles. The molecule has 0 spiro atoms. The van der Waals surface area contributed by atoms with Crippen LogP contribution in [0.15, 0.2) is 12.3 Å². The van der Waals surface area contributed by atoms with Gasteiger partial charge in [-0.05, 0) is 25.3 Å². The number of hydrogen-bond acceptors (Lipinski definition) is 4. The number of nitriles is 1. The van der Waals surface area contributed by atoms with Crippen LogP contribution >= 0.6 is 0 Å². The van der Waals surface area contributed by atoms with Crippen molar-refractivity contribution in [3.05, 3.63) is 17.8 Å². The predicted molar refractivity (Wildman–Crippen MR) is 70.6 cm³/mol. The maximum Gasteiger partial charge on any atom is 0.144 e. The molecule has 1 aromatic rings. The number of anilines is 2. The number of nitrogens with two attached hydrogens (primary N) is 1. The molecule has 3 N–H and O–H groups in total. The highest BCUT2D eigenvalue weighted by molar-refractivity contribution is 5.58. The highest BCUT2D eigenvalue weighted by Crippen LogP contribution is 2.26. The Labute approximate surface area is 103 Å². The van der Waals surface area contributed by atoms with E-state index >= 15 is 0 Å². The second-order valence-electron chi connectivity index (χ2n) is 4.24. The number of nitrogen functional groups attached to an aromatic ring is 1. The fraction of sp³-hybridized carbons (Fsp3) is 0.538. The molecule has 92 valence electrons. The molecule has 0 bridgehead atoms. The summed E-state index contributed by atoms with van der Waals surface area (Å²) >= 11 is 0. The lowest BCUT2D eigenvalue weighted by Gasteiger charge is -2.32. The van der Waals surface area contributed by atoms with Crippen LogP contribution in [-0.2, 0) is 0 Å². The van der Waals surface area contributed by atoms with Crippen LogP contribution in [0.4, 0.5) is 11.5 Å². The summed E-state index contributed by atoms with van der Waals surface area (Å²) in [5.41, 5.74) is 6.65. The molecular weight excluding hydrogens is 212 g/mol. The molecular formula is C13H20N4. The van der Waals surface area contributed by atoms with Gasteiger partial charge in [-0.3, -0.25) is 0 Å². The second kappa shape index (κ2) is 5.53. The van der Waals surface area contributed by atoms with Gasteiger partial charge in [-0.25, -0.2) is 4.98 Å². The van der Waals surface area contributed by atoms with Gasteiger partial charge in [0.1, 0.15) is 11.9 Å². The monoisotopic (exact) mass is 232 g/mol. The zero-order valence-electron chi connectivity index (χ0n) is 10.7. The first-order valence-electron chi connectivity index (χ1n) is 6.04. The van der Waals surface area contributed by atoms with Crippen molar-refractivity contribution >= 4 is 11.5 Å². The largest absolute Gasteiger partial charge is 0.397 e. The Kier molecular flexibility index (Phi) is 4.33. The van der Waals surface area contributed by atoms with Crippen LogP contribution in [0.25, 0.3) is 0 Å². The molecule has 0 saturated heterocycles. The van der Waals surface area contributed by atoms with E-state index in [4.69, 9.17) is 11.0 Å². The van der Waals surface area contributed by atoms with Crippen LogP contribution in [0.1, 0.15) is 45.6 Å². The van der Waals surface area contributed by atoms with Crippen LogP contribution in [-0.4, -0.2) is 10.5 Å². The smallest absolute Gasteiger partial charge is 0.144 e. The molecule has 0 atom stereocenters. The zero-order chi connectivity index (χ0) is 12.9. The number of nitrogens with zero attached hydrogens (tertiary/aromatic N) is 2. The average Bonchev–Trinajstić information content (AvgIpc) is 2.37. The fourth-order valence-corrected chi connectivity index (χ4v) is 1.93. The van der Waals surface area contributed by atoms with E-state index in [1.54, 1.807) is 12.3 Å². The van der Waals surface area contributed by atoms with Gasteiger partial charge < -0.3 is 11.1 Å². The summed E-state index contributed by atoms with van der Waals surface area (Å²) in [5.74, 6) is 0.632.